The van der Waals surface area contributed by atoms with Gasteiger partial charge in [0.05, 0.1) is 0 Å². The van der Waals surface area contributed by atoms with E-state index in [1.165, 1.54) is 13.8 Å². The minimum atomic E-state index is -1.32. The van der Waals surface area contributed by atoms with Gasteiger partial charge in [0.15, 0.2) is 0 Å². The lowest BCUT2D eigenvalue weighted by atomic mass is 10.2. The van der Waals surface area contributed by atoms with Crippen molar-refractivity contribution in [3.63, 3.8) is 0 Å². The second kappa shape index (κ2) is 5.33. The van der Waals surface area contributed by atoms with Gasteiger partial charge < -0.3 is 15.6 Å². The van der Waals surface area contributed by atoms with Gasteiger partial charge in [-0.25, -0.2) is 4.79 Å². The van der Waals surface area contributed by atoms with Gasteiger partial charge in [-0.05, 0) is 6.92 Å². The number of Topliss-reactive ketones (excluding diaryl/α,β-unsaturated/α-hetero) is 1. The molecule has 0 spiro atoms. The standard InChI is InChI=1S/C8H13NO5/c1-3-5(10)8(13)14-4(2)6(9)7(11)12/h4,6H,3,9H2,1-2H3,(H,11,12)/t4-,6+/m1/s1. The Kier molecular flexibility index (Phi) is 4.79. The van der Waals surface area contributed by atoms with Crippen molar-refractivity contribution >= 4 is 17.7 Å². The summed E-state index contributed by atoms with van der Waals surface area (Å²) in [7, 11) is 0. The van der Waals surface area contributed by atoms with Crippen molar-refractivity contribution in [1.82, 2.24) is 0 Å². The third kappa shape index (κ3) is 3.53. The summed E-state index contributed by atoms with van der Waals surface area (Å²) in [5.74, 6) is -3.03. The fourth-order valence-corrected chi connectivity index (χ4v) is 0.653. The fourth-order valence-electron chi connectivity index (χ4n) is 0.653. The van der Waals surface area contributed by atoms with Gasteiger partial charge in [0.2, 0.25) is 5.78 Å². The van der Waals surface area contributed by atoms with E-state index < -0.39 is 29.9 Å². The zero-order chi connectivity index (χ0) is 11.3. The smallest absolute Gasteiger partial charge is 0.374 e. The van der Waals surface area contributed by atoms with E-state index in [1.54, 1.807) is 0 Å². The molecule has 0 rings (SSSR count). The number of nitrogens with two attached hydrogens (primary N) is 1. The zero-order valence-corrected chi connectivity index (χ0v) is 8.02. The maximum absolute atomic E-state index is 10.9. The van der Waals surface area contributed by atoms with Crippen LogP contribution in [0.4, 0.5) is 0 Å². The van der Waals surface area contributed by atoms with Crippen LogP contribution in [0.3, 0.4) is 0 Å². The van der Waals surface area contributed by atoms with Crippen LogP contribution in [0.25, 0.3) is 0 Å². The molecule has 0 aliphatic heterocycles. The SMILES string of the molecule is CCC(=O)C(=O)O[C@H](C)[C@H](N)C(=O)O. The summed E-state index contributed by atoms with van der Waals surface area (Å²) in [4.78, 5) is 32.0. The van der Waals surface area contributed by atoms with E-state index in [4.69, 9.17) is 10.8 Å². The third-order valence-corrected chi connectivity index (χ3v) is 1.63. The second-order valence-corrected chi connectivity index (χ2v) is 2.75. The molecule has 0 radical (unpaired) electrons. The Labute approximate surface area is 81.0 Å². The van der Waals surface area contributed by atoms with Gasteiger partial charge in [-0.2, -0.15) is 0 Å². The predicted molar refractivity (Wildman–Crippen MR) is 46.5 cm³/mol. The van der Waals surface area contributed by atoms with Crippen LogP contribution in [0.15, 0.2) is 0 Å². The van der Waals surface area contributed by atoms with Gasteiger partial charge in [0, 0.05) is 6.42 Å². The molecule has 14 heavy (non-hydrogen) atoms. The number of ether oxygens (including phenoxy) is 1. The molecular formula is C8H13NO5. The molecular weight excluding hydrogens is 190 g/mol. The molecule has 80 valence electrons. The molecule has 0 aromatic rings. The molecule has 0 aromatic heterocycles. The van der Waals surface area contributed by atoms with Gasteiger partial charge in [-0.1, -0.05) is 6.92 Å². The predicted octanol–water partition coefficient (Wildman–Crippen LogP) is -0.691. The second-order valence-electron chi connectivity index (χ2n) is 2.75. The van der Waals surface area contributed by atoms with Crippen LogP contribution in [0.5, 0.6) is 0 Å². The van der Waals surface area contributed by atoms with Gasteiger partial charge in [0.25, 0.3) is 0 Å². The Balaban J connectivity index is 4.19. The summed E-state index contributed by atoms with van der Waals surface area (Å²) < 4.78 is 4.53. The van der Waals surface area contributed by atoms with Crippen LogP contribution in [-0.4, -0.2) is 35.0 Å². The summed E-state index contributed by atoms with van der Waals surface area (Å²) in [6.45, 7) is 2.82. The Hall–Kier alpha value is -1.43. The maximum Gasteiger partial charge on any atom is 0.374 e. The molecule has 0 saturated heterocycles. The Morgan fingerprint density at radius 1 is 1.43 bits per heavy atom. The van der Waals surface area contributed by atoms with Crippen LogP contribution in [0, 0.1) is 0 Å². The number of carboxylic acid groups (broad SMARTS) is 1. The highest BCUT2D eigenvalue weighted by molar-refractivity contribution is 6.33. The lowest BCUT2D eigenvalue weighted by molar-refractivity contribution is -0.160. The first-order valence-corrected chi connectivity index (χ1v) is 4.12. The van der Waals surface area contributed by atoms with E-state index in [9.17, 15) is 14.4 Å². The van der Waals surface area contributed by atoms with E-state index in [-0.39, 0.29) is 6.42 Å². The van der Waals surface area contributed by atoms with Crippen LogP contribution in [0.2, 0.25) is 0 Å². The number of esters is 1. The highest BCUT2D eigenvalue weighted by atomic mass is 16.5. The molecule has 0 amide bonds. The molecule has 0 aliphatic carbocycles. The molecule has 0 aliphatic rings. The first-order valence-electron chi connectivity index (χ1n) is 4.12. The van der Waals surface area contributed by atoms with Gasteiger partial charge in [-0.15, -0.1) is 0 Å². The monoisotopic (exact) mass is 203 g/mol. The molecule has 0 aromatic carbocycles. The van der Waals surface area contributed by atoms with Crippen LogP contribution in [0.1, 0.15) is 20.3 Å². The van der Waals surface area contributed by atoms with Crippen molar-refractivity contribution in [1.29, 1.82) is 0 Å². The summed E-state index contributed by atoms with van der Waals surface area (Å²) in [6.07, 6.45) is -0.996. The zero-order valence-electron chi connectivity index (χ0n) is 8.02. The highest BCUT2D eigenvalue weighted by Gasteiger charge is 2.25. The van der Waals surface area contributed by atoms with Crippen molar-refractivity contribution < 1.29 is 24.2 Å². The molecule has 0 saturated carbocycles. The fraction of sp³-hybridized carbons (Fsp3) is 0.625. The minimum Gasteiger partial charge on any atom is -0.480 e. The minimum absolute atomic E-state index is 0.0217. The average Bonchev–Trinajstić information content (AvgIpc) is 2.14. The van der Waals surface area contributed by atoms with E-state index >= 15 is 0 Å². The van der Waals surface area contributed by atoms with Crippen molar-refractivity contribution in [3.05, 3.63) is 0 Å². The Bertz CT molecular complexity index is 250. The molecule has 3 N–H and O–H groups in total. The number of aliphatic carboxylic acids is 1. The number of hydrogen-bond donors (Lipinski definition) is 2. The van der Waals surface area contributed by atoms with E-state index in [1.807, 2.05) is 0 Å². The number of carbonyl (C=O) groups excluding carboxylic acids is 2. The normalized spacial score (nSPS) is 14.2. The summed E-state index contributed by atoms with van der Waals surface area (Å²) in [5, 5.41) is 8.46. The number of carboxylic acids is 1. The van der Waals surface area contributed by atoms with E-state index in [0.717, 1.165) is 0 Å². The highest BCUT2D eigenvalue weighted by Crippen LogP contribution is 1.99. The maximum atomic E-state index is 10.9. The van der Waals surface area contributed by atoms with Crippen molar-refractivity contribution in [2.75, 3.05) is 0 Å². The first-order chi connectivity index (χ1) is 6.40. The molecule has 0 heterocycles. The lowest BCUT2D eigenvalue weighted by Crippen LogP contribution is -2.43. The van der Waals surface area contributed by atoms with Crippen LogP contribution >= 0.6 is 0 Å². The summed E-state index contributed by atoms with van der Waals surface area (Å²) in [6, 6.07) is -1.32. The summed E-state index contributed by atoms with van der Waals surface area (Å²) >= 11 is 0. The quantitative estimate of drug-likeness (QED) is 0.452. The van der Waals surface area contributed by atoms with E-state index in [0.29, 0.717) is 0 Å². The largest absolute Gasteiger partial charge is 0.480 e. The Morgan fingerprint density at radius 2 is 1.93 bits per heavy atom. The van der Waals surface area contributed by atoms with Gasteiger partial charge in [0.1, 0.15) is 12.1 Å². The number of hydrogen-bond acceptors (Lipinski definition) is 5. The molecule has 0 unspecified atom stereocenters. The lowest BCUT2D eigenvalue weighted by Gasteiger charge is -2.15. The average molecular weight is 203 g/mol. The van der Waals surface area contributed by atoms with Gasteiger partial charge in [-0.3, -0.25) is 9.59 Å². The molecule has 0 fully saturated rings. The molecule has 0 bridgehead atoms. The number of carbonyl (C=O) groups is 3. The summed E-state index contributed by atoms with van der Waals surface area (Å²) in [5.41, 5.74) is 5.16. The van der Waals surface area contributed by atoms with Crippen molar-refractivity contribution in [2.45, 2.75) is 32.4 Å². The number of rotatable bonds is 5. The molecule has 2 atom stereocenters. The first kappa shape index (κ1) is 12.6. The van der Waals surface area contributed by atoms with Crippen molar-refractivity contribution in [2.24, 2.45) is 5.73 Å². The molecule has 6 nitrogen and oxygen atoms in total. The van der Waals surface area contributed by atoms with Crippen LogP contribution < -0.4 is 5.73 Å². The van der Waals surface area contributed by atoms with E-state index in [2.05, 4.69) is 4.74 Å². The molecule has 6 heteroatoms. The third-order valence-electron chi connectivity index (χ3n) is 1.63. The Morgan fingerprint density at radius 3 is 2.29 bits per heavy atom. The van der Waals surface area contributed by atoms with Crippen molar-refractivity contribution in [3.8, 4) is 0 Å². The number of ketones is 1. The van der Waals surface area contributed by atoms with Crippen LogP contribution in [-0.2, 0) is 19.1 Å². The topological polar surface area (TPSA) is 107 Å². The van der Waals surface area contributed by atoms with Gasteiger partial charge >= 0.3 is 11.9 Å².